The summed E-state index contributed by atoms with van der Waals surface area (Å²) in [6.07, 6.45) is 0.802. The fraction of sp³-hybridized carbons (Fsp3) is 0.435. The topological polar surface area (TPSA) is 102 Å². The number of rotatable bonds is 5. The number of amides is 1. The zero-order valence-corrected chi connectivity index (χ0v) is 20.2. The van der Waals surface area contributed by atoms with Crippen LogP contribution in [0.15, 0.2) is 39.8 Å². The number of nitrogens with zero attached hydrogens (tertiary/aromatic N) is 5. The summed E-state index contributed by atoms with van der Waals surface area (Å²) < 4.78 is 34.6. The maximum atomic E-state index is 13.2. The van der Waals surface area contributed by atoms with Crippen molar-refractivity contribution in [2.45, 2.75) is 45.4 Å². The molecule has 176 valence electrons. The second-order valence-corrected chi connectivity index (χ2v) is 10.2. The highest BCUT2D eigenvalue weighted by molar-refractivity contribution is 7.89. The van der Waals surface area contributed by atoms with E-state index in [0.29, 0.717) is 31.7 Å². The SMILES string of the molecule is Cc1nn(-c2ccccc2)c(C)c1CC(=O)N1CCCN(S(=O)(=O)c2c(C)noc2C)CC1. The Morgan fingerprint density at radius 2 is 1.73 bits per heavy atom. The minimum Gasteiger partial charge on any atom is -0.360 e. The van der Waals surface area contributed by atoms with Crippen molar-refractivity contribution in [3.05, 3.63) is 58.7 Å². The van der Waals surface area contributed by atoms with Crippen molar-refractivity contribution in [1.29, 1.82) is 0 Å². The molecule has 1 fully saturated rings. The lowest BCUT2D eigenvalue weighted by Gasteiger charge is -2.22. The minimum atomic E-state index is -3.73. The van der Waals surface area contributed by atoms with Gasteiger partial charge in [-0.15, -0.1) is 0 Å². The van der Waals surface area contributed by atoms with Gasteiger partial charge in [0.15, 0.2) is 5.76 Å². The lowest BCUT2D eigenvalue weighted by atomic mass is 10.1. The van der Waals surface area contributed by atoms with Crippen molar-refractivity contribution in [1.82, 2.24) is 24.1 Å². The maximum absolute atomic E-state index is 13.2. The number of aryl methyl sites for hydroxylation is 3. The van der Waals surface area contributed by atoms with Gasteiger partial charge in [-0.05, 0) is 46.2 Å². The summed E-state index contributed by atoms with van der Waals surface area (Å²) in [5, 5.41) is 8.41. The van der Waals surface area contributed by atoms with E-state index in [4.69, 9.17) is 4.52 Å². The number of aromatic nitrogens is 3. The van der Waals surface area contributed by atoms with E-state index in [9.17, 15) is 13.2 Å². The smallest absolute Gasteiger partial charge is 0.248 e. The molecular weight excluding hydrogens is 442 g/mol. The van der Waals surface area contributed by atoms with Gasteiger partial charge in [0.25, 0.3) is 0 Å². The fourth-order valence-electron chi connectivity index (χ4n) is 4.37. The monoisotopic (exact) mass is 471 g/mol. The standard InChI is InChI=1S/C23H29N5O4S/c1-16-21(18(3)28(24-16)20-9-6-5-7-10-20)15-22(29)26-11-8-12-27(14-13-26)33(30,31)23-17(2)25-32-19(23)4/h5-7,9-10H,8,11-15H2,1-4H3. The Morgan fingerprint density at radius 3 is 2.39 bits per heavy atom. The van der Waals surface area contributed by atoms with Gasteiger partial charge in [-0.1, -0.05) is 23.4 Å². The molecule has 0 N–H and O–H groups in total. The van der Waals surface area contributed by atoms with Crippen molar-refractivity contribution in [3.63, 3.8) is 0 Å². The zero-order chi connectivity index (χ0) is 23.8. The first-order chi connectivity index (χ1) is 15.7. The van der Waals surface area contributed by atoms with Gasteiger partial charge >= 0.3 is 0 Å². The number of carbonyl (C=O) groups excluding carboxylic acids is 1. The number of benzene rings is 1. The van der Waals surface area contributed by atoms with E-state index in [1.54, 1.807) is 18.7 Å². The number of carbonyl (C=O) groups is 1. The maximum Gasteiger partial charge on any atom is 0.248 e. The van der Waals surface area contributed by atoms with E-state index in [1.165, 1.54) is 4.31 Å². The molecule has 3 aromatic rings. The average molecular weight is 472 g/mol. The summed E-state index contributed by atoms with van der Waals surface area (Å²) in [4.78, 5) is 15.0. The first kappa shape index (κ1) is 23.2. The third-order valence-corrected chi connectivity index (χ3v) is 8.29. The number of sulfonamides is 1. The Bertz CT molecular complexity index is 1240. The molecule has 1 amide bonds. The van der Waals surface area contributed by atoms with Gasteiger partial charge < -0.3 is 9.42 Å². The molecule has 0 unspecified atom stereocenters. The van der Waals surface area contributed by atoms with Crippen LogP contribution in [0, 0.1) is 27.7 Å². The van der Waals surface area contributed by atoms with Crippen LogP contribution >= 0.6 is 0 Å². The quantitative estimate of drug-likeness (QED) is 0.567. The first-order valence-electron chi connectivity index (χ1n) is 11.0. The summed E-state index contributed by atoms with van der Waals surface area (Å²) in [5.41, 5.74) is 3.97. The molecule has 0 bridgehead atoms. The first-order valence-corrected chi connectivity index (χ1v) is 12.5. The molecule has 0 spiro atoms. The van der Waals surface area contributed by atoms with Crippen LogP contribution in [0.5, 0.6) is 0 Å². The van der Waals surface area contributed by atoms with Crippen molar-refractivity contribution in [2.75, 3.05) is 26.2 Å². The van der Waals surface area contributed by atoms with Crippen LogP contribution in [0.2, 0.25) is 0 Å². The molecule has 1 aliphatic rings. The molecule has 0 atom stereocenters. The van der Waals surface area contributed by atoms with Crippen LogP contribution < -0.4 is 0 Å². The van der Waals surface area contributed by atoms with Crippen LogP contribution in [0.1, 0.15) is 34.8 Å². The Morgan fingerprint density at radius 1 is 1.00 bits per heavy atom. The van der Waals surface area contributed by atoms with Gasteiger partial charge in [-0.25, -0.2) is 13.1 Å². The van der Waals surface area contributed by atoms with E-state index < -0.39 is 10.0 Å². The van der Waals surface area contributed by atoms with Gasteiger partial charge in [0.1, 0.15) is 10.6 Å². The summed E-state index contributed by atoms with van der Waals surface area (Å²) in [6.45, 7) is 8.53. The summed E-state index contributed by atoms with van der Waals surface area (Å²) in [5.74, 6) is 0.261. The van der Waals surface area contributed by atoms with Gasteiger partial charge in [0.2, 0.25) is 15.9 Å². The van der Waals surface area contributed by atoms with Crippen LogP contribution in [-0.4, -0.2) is 64.6 Å². The summed E-state index contributed by atoms with van der Waals surface area (Å²) in [6, 6.07) is 9.82. The third-order valence-electron chi connectivity index (χ3n) is 6.14. The van der Waals surface area contributed by atoms with E-state index in [2.05, 4.69) is 10.3 Å². The Balaban J connectivity index is 1.48. The van der Waals surface area contributed by atoms with E-state index in [1.807, 2.05) is 48.9 Å². The van der Waals surface area contributed by atoms with Gasteiger partial charge in [-0.3, -0.25) is 4.79 Å². The third kappa shape index (κ3) is 4.45. The van der Waals surface area contributed by atoms with Gasteiger partial charge in [0, 0.05) is 37.4 Å². The Labute approximate surface area is 194 Å². The average Bonchev–Trinajstić information content (AvgIpc) is 3.14. The van der Waals surface area contributed by atoms with Crippen LogP contribution in [-0.2, 0) is 21.2 Å². The van der Waals surface area contributed by atoms with Crippen LogP contribution in [0.4, 0.5) is 0 Å². The number of hydrogen-bond acceptors (Lipinski definition) is 6. The predicted octanol–water partition coefficient (Wildman–Crippen LogP) is 2.56. The fourth-order valence-corrected chi connectivity index (χ4v) is 6.13. The Kier molecular flexibility index (Phi) is 6.40. The molecule has 33 heavy (non-hydrogen) atoms. The largest absolute Gasteiger partial charge is 0.360 e. The highest BCUT2D eigenvalue weighted by Crippen LogP contribution is 2.25. The molecule has 0 aliphatic carbocycles. The lowest BCUT2D eigenvalue weighted by molar-refractivity contribution is -0.130. The minimum absolute atomic E-state index is 0.0228. The van der Waals surface area contributed by atoms with Crippen molar-refractivity contribution in [3.8, 4) is 5.69 Å². The second kappa shape index (κ2) is 9.11. The normalized spacial score (nSPS) is 15.6. The highest BCUT2D eigenvalue weighted by Gasteiger charge is 2.33. The summed E-state index contributed by atoms with van der Waals surface area (Å²) >= 11 is 0. The molecule has 10 heteroatoms. The molecule has 3 heterocycles. The van der Waals surface area contributed by atoms with E-state index >= 15 is 0 Å². The van der Waals surface area contributed by atoms with Crippen molar-refractivity contribution in [2.24, 2.45) is 0 Å². The molecule has 1 aromatic carbocycles. The lowest BCUT2D eigenvalue weighted by Crippen LogP contribution is -2.38. The van der Waals surface area contributed by atoms with Crippen LogP contribution in [0.3, 0.4) is 0 Å². The molecule has 9 nitrogen and oxygen atoms in total. The zero-order valence-electron chi connectivity index (χ0n) is 19.4. The van der Waals surface area contributed by atoms with Crippen molar-refractivity contribution >= 4 is 15.9 Å². The molecule has 2 aromatic heterocycles. The Hall–Kier alpha value is -2.98. The van der Waals surface area contributed by atoms with E-state index in [0.717, 1.165) is 22.6 Å². The molecule has 0 radical (unpaired) electrons. The molecule has 1 saturated heterocycles. The molecular formula is C23H29N5O4S. The highest BCUT2D eigenvalue weighted by atomic mass is 32.2. The van der Waals surface area contributed by atoms with E-state index in [-0.39, 0.29) is 29.5 Å². The van der Waals surface area contributed by atoms with Gasteiger partial charge in [0.05, 0.1) is 17.8 Å². The molecule has 1 aliphatic heterocycles. The second-order valence-electron chi connectivity index (χ2n) is 8.37. The van der Waals surface area contributed by atoms with Crippen molar-refractivity contribution < 1.29 is 17.7 Å². The molecule has 0 saturated carbocycles. The number of hydrogen-bond donors (Lipinski definition) is 0. The van der Waals surface area contributed by atoms with Gasteiger partial charge in [-0.2, -0.15) is 9.40 Å². The number of para-hydroxylation sites is 1. The predicted molar refractivity (Wildman–Crippen MR) is 123 cm³/mol. The van der Waals surface area contributed by atoms with Crippen LogP contribution in [0.25, 0.3) is 5.69 Å². The molecule has 4 rings (SSSR count). The summed E-state index contributed by atoms with van der Waals surface area (Å²) in [7, 11) is -3.73.